The Morgan fingerprint density at radius 2 is 1.58 bits per heavy atom. The molecule has 4 rings (SSSR count). The summed E-state index contributed by atoms with van der Waals surface area (Å²) in [5.41, 5.74) is 1.68. The van der Waals surface area contributed by atoms with Crippen LogP contribution in [0.3, 0.4) is 0 Å². The van der Waals surface area contributed by atoms with E-state index in [4.69, 9.17) is 4.74 Å². The lowest BCUT2D eigenvalue weighted by molar-refractivity contribution is 0.0463. The molecule has 0 atom stereocenters. The van der Waals surface area contributed by atoms with Crippen molar-refractivity contribution in [3.63, 3.8) is 0 Å². The van der Waals surface area contributed by atoms with Crippen molar-refractivity contribution in [1.29, 1.82) is 0 Å². The van der Waals surface area contributed by atoms with Crippen LogP contribution in [0.25, 0.3) is 16.9 Å². The van der Waals surface area contributed by atoms with Gasteiger partial charge in [-0.1, -0.05) is 48.5 Å². The molecule has 0 saturated heterocycles. The Morgan fingerprint density at radius 1 is 0.935 bits per heavy atom. The van der Waals surface area contributed by atoms with Gasteiger partial charge in [-0.3, -0.25) is 13.9 Å². The molecule has 4 aromatic rings. The maximum atomic E-state index is 13.0. The highest BCUT2D eigenvalue weighted by Gasteiger charge is 2.20. The number of hydrogen-bond donors (Lipinski definition) is 0. The molecule has 156 valence electrons. The van der Waals surface area contributed by atoms with E-state index >= 15 is 0 Å². The van der Waals surface area contributed by atoms with Crippen LogP contribution < -0.4 is 11.2 Å². The molecule has 0 amide bonds. The van der Waals surface area contributed by atoms with Crippen molar-refractivity contribution >= 4 is 5.97 Å². The average Bonchev–Trinajstić information content (AvgIpc) is 3.26. The summed E-state index contributed by atoms with van der Waals surface area (Å²) in [6.45, 7) is -0.217. The second-order valence-corrected chi connectivity index (χ2v) is 6.99. The third-order valence-electron chi connectivity index (χ3n) is 4.98. The molecule has 0 saturated carbocycles. The summed E-state index contributed by atoms with van der Waals surface area (Å²) in [6.07, 6.45) is 1.61. The molecular weight excluding hydrogens is 396 g/mol. The Labute approximate surface area is 177 Å². The topological polar surface area (TPSA) is 88.1 Å². The van der Waals surface area contributed by atoms with E-state index in [1.54, 1.807) is 10.9 Å². The van der Waals surface area contributed by atoms with Gasteiger partial charge in [0.15, 0.2) is 0 Å². The van der Waals surface area contributed by atoms with E-state index in [1.807, 2.05) is 60.7 Å². The lowest BCUT2D eigenvalue weighted by atomic mass is 10.1. The first kappa shape index (κ1) is 20.1. The highest BCUT2D eigenvalue weighted by Crippen LogP contribution is 2.24. The second-order valence-electron chi connectivity index (χ2n) is 6.99. The molecule has 0 fully saturated rings. The molecule has 0 bridgehead atoms. The van der Waals surface area contributed by atoms with E-state index in [0.29, 0.717) is 11.4 Å². The molecule has 2 heterocycles. The van der Waals surface area contributed by atoms with Crippen LogP contribution in [-0.2, 0) is 25.4 Å². The Balaban J connectivity index is 1.68. The van der Waals surface area contributed by atoms with Gasteiger partial charge in [0.1, 0.15) is 17.9 Å². The number of para-hydroxylation sites is 1. The van der Waals surface area contributed by atoms with Gasteiger partial charge >= 0.3 is 11.7 Å². The predicted octanol–water partition coefficient (Wildman–Crippen LogP) is 2.29. The zero-order valence-corrected chi connectivity index (χ0v) is 17.1. The fourth-order valence-corrected chi connectivity index (χ4v) is 3.18. The third-order valence-corrected chi connectivity index (χ3v) is 4.98. The number of carbonyl (C=O) groups is 1. The SMILES string of the molecule is Cn1c(COC(=O)c2cn(-c3ccccc3)nc2-c2ccccc2)cc(=O)n(C)c1=O. The maximum absolute atomic E-state index is 13.0. The van der Waals surface area contributed by atoms with Crippen LogP contribution in [0.5, 0.6) is 0 Å². The Hall–Kier alpha value is -4.20. The van der Waals surface area contributed by atoms with Gasteiger partial charge < -0.3 is 4.74 Å². The zero-order valence-electron chi connectivity index (χ0n) is 17.1. The van der Waals surface area contributed by atoms with Crippen LogP contribution in [0, 0.1) is 0 Å². The summed E-state index contributed by atoms with van der Waals surface area (Å²) in [6, 6.07) is 20.0. The fraction of sp³-hybridized carbons (Fsp3) is 0.130. The summed E-state index contributed by atoms with van der Waals surface area (Å²) in [5, 5.41) is 4.59. The van der Waals surface area contributed by atoms with Gasteiger partial charge in [0.25, 0.3) is 5.56 Å². The van der Waals surface area contributed by atoms with Crippen molar-refractivity contribution in [3.8, 4) is 16.9 Å². The lowest BCUT2D eigenvalue weighted by Crippen LogP contribution is -2.38. The molecule has 0 aliphatic heterocycles. The number of aromatic nitrogens is 4. The molecule has 2 aromatic heterocycles. The molecule has 0 aliphatic carbocycles. The summed E-state index contributed by atoms with van der Waals surface area (Å²) in [5.74, 6) is -0.603. The van der Waals surface area contributed by atoms with Crippen molar-refractivity contribution in [1.82, 2.24) is 18.9 Å². The number of rotatable bonds is 5. The highest BCUT2D eigenvalue weighted by atomic mass is 16.5. The molecule has 0 aliphatic rings. The molecule has 0 spiro atoms. The quantitative estimate of drug-likeness (QED) is 0.466. The summed E-state index contributed by atoms with van der Waals surface area (Å²) >= 11 is 0. The molecule has 2 aromatic carbocycles. The minimum absolute atomic E-state index is 0.217. The molecule has 8 heteroatoms. The minimum atomic E-state index is -0.603. The number of carbonyl (C=O) groups excluding carboxylic acids is 1. The first-order chi connectivity index (χ1) is 15.0. The Bertz CT molecular complexity index is 1350. The van der Waals surface area contributed by atoms with E-state index in [0.717, 1.165) is 15.8 Å². The van der Waals surface area contributed by atoms with Crippen LogP contribution >= 0.6 is 0 Å². The third kappa shape index (κ3) is 3.95. The second kappa shape index (κ2) is 8.27. The smallest absolute Gasteiger partial charge is 0.342 e. The van der Waals surface area contributed by atoms with E-state index in [2.05, 4.69) is 5.10 Å². The Kier molecular flexibility index (Phi) is 5.36. The largest absolute Gasteiger partial charge is 0.456 e. The number of nitrogens with zero attached hydrogens (tertiary/aromatic N) is 4. The van der Waals surface area contributed by atoms with Gasteiger partial charge in [-0.15, -0.1) is 0 Å². The number of esters is 1. The van der Waals surface area contributed by atoms with Crippen molar-refractivity contribution in [2.75, 3.05) is 0 Å². The predicted molar refractivity (Wildman–Crippen MR) is 115 cm³/mol. The highest BCUT2D eigenvalue weighted by molar-refractivity contribution is 5.96. The fourth-order valence-electron chi connectivity index (χ4n) is 3.18. The molecular formula is C23H20N4O4. The first-order valence-electron chi connectivity index (χ1n) is 9.59. The van der Waals surface area contributed by atoms with Crippen molar-refractivity contribution in [2.24, 2.45) is 14.1 Å². The van der Waals surface area contributed by atoms with Crippen molar-refractivity contribution in [2.45, 2.75) is 6.61 Å². The van der Waals surface area contributed by atoms with Crippen molar-refractivity contribution in [3.05, 3.63) is 105 Å². The van der Waals surface area contributed by atoms with Gasteiger partial charge in [-0.2, -0.15) is 5.10 Å². The average molecular weight is 416 g/mol. The molecule has 31 heavy (non-hydrogen) atoms. The van der Waals surface area contributed by atoms with Gasteiger partial charge in [-0.05, 0) is 12.1 Å². The lowest BCUT2D eigenvalue weighted by Gasteiger charge is -2.10. The number of hydrogen-bond acceptors (Lipinski definition) is 5. The summed E-state index contributed by atoms with van der Waals surface area (Å²) in [4.78, 5) is 37.0. The molecule has 0 radical (unpaired) electrons. The minimum Gasteiger partial charge on any atom is -0.456 e. The van der Waals surface area contributed by atoms with Crippen molar-refractivity contribution < 1.29 is 9.53 Å². The van der Waals surface area contributed by atoms with Crippen LogP contribution in [0.4, 0.5) is 0 Å². The van der Waals surface area contributed by atoms with Crippen LogP contribution in [0.2, 0.25) is 0 Å². The molecule has 8 nitrogen and oxygen atoms in total. The normalized spacial score (nSPS) is 10.8. The van der Waals surface area contributed by atoms with Gasteiger partial charge in [0.2, 0.25) is 0 Å². The van der Waals surface area contributed by atoms with Crippen LogP contribution in [0.1, 0.15) is 16.1 Å². The molecule has 0 unspecified atom stereocenters. The maximum Gasteiger partial charge on any atom is 0.342 e. The van der Waals surface area contributed by atoms with E-state index < -0.39 is 17.2 Å². The summed E-state index contributed by atoms with van der Waals surface area (Å²) in [7, 11) is 2.92. The van der Waals surface area contributed by atoms with Gasteiger partial charge in [0, 0.05) is 31.9 Å². The van der Waals surface area contributed by atoms with E-state index in [-0.39, 0.29) is 12.2 Å². The first-order valence-corrected chi connectivity index (χ1v) is 9.59. The Morgan fingerprint density at radius 3 is 2.26 bits per heavy atom. The van der Waals surface area contributed by atoms with Crippen LogP contribution in [-0.4, -0.2) is 24.9 Å². The number of benzene rings is 2. The monoisotopic (exact) mass is 416 g/mol. The standard InChI is InChI=1S/C23H20N4O4/c1-25-18(13-20(28)26(2)23(25)30)15-31-22(29)19-14-27(17-11-7-4-8-12-17)24-21(19)16-9-5-3-6-10-16/h3-14H,15H2,1-2H3. The van der Waals surface area contributed by atoms with E-state index in [9.17, 15) is 14.4 Å². The molecule has 0 N–H and O–H groups in total. The van der Waals surface area contributed by atoms with Crippen LogP contribution in [0.15, 0.2) is 82.5 Å². The van der Waals surface area contributed by atoms with Gasteiger partial charge in [0.05, 0.1) is 11.4 Å². The van der Waals surface area contributed by atoms with Gasteiger partial charge in [-0.25, -0.2) is 14.3 Å². The summed E-state index contributed by atoms with van der Waals surface area (Å²) < 4.78 is 9.34. The number of ether oxygens (including phenoxy) is 1. The zero-order chi connectivity index (χ0) is 22.0. The van der Waals surface area contributed by atoms with E-state index in [1.165, 1.54) is 24.7 Å².